The zero-order valence-electron chi connectivity index (χ0n) is 25.8. The predicted octanol–water partition coefficient (Wildman–Crippen LogP) is -7.13. The molecule has 0 aromatic heterocycles. The van der Waals surface area contributed by atoms with Crippen LogP contribution >= 0.6 is 0 Å². The summed E-state index contributed by atoms with van der Waals surface area (Å²) in [5.74, 6) is -0.548. The van der Waals surface area contributed by atoms with Gasteiger partial charge in [-0.1, -0.05) is 0 Å². The molecule has 20 heteroatoms. The molecule has 0 bridgehead atoms. The summed E-state index contributed by atoms with van der Waals surface area (Å²) in [7, 11) is 0. The summed E-state index contributed by atoms with van der Waals surface area (Å²) in [5.41, 5.74) is 0. The largest absolute Gasteiger partial charge is 0.394 e. The molecule has 20 nitrogen and oxygen atoms in total. The van der Waals surface area contributed by atoms with Crippen LogP contribution < -0.4 is 10.6 Å². The average molecular weight is 689 g/mol. The van der Waals surface area contributed by atoms with Crippen LogP contribution in [-0.4, -0.2) is 195 Å². The fourth-order valence-electron chi connectivity index (χ4n) is 5.22. The van der Waals surface area contributed by atoms with Crippen molar-refractivity contribution in [2.45, 2.75) is 118 Å². The van der Waals surface area contributed by atoms with E-state index in [1.807, 2.05) is 0 Å². The minimum atomic E-state index is -1.89. The molecule has 0 spiro atoms. The topological polar surface area (TPSA) is 316 Å². The Labute approximate surface area is 269 Å². The van der Waals surface area contributed by atoms with Crippen LogP contribution in [-0.2, 0) is 38.0 Å². The molecule has 274 valence electrons. The zero-order valence-corrected chi connectivity index (χ0v) is 25.8. The van der Waals surface area contributed by atoms with Gasteiger partial charge in [-0.3, -0.25) is 9.59 Å². The van der Waals surface area contributed by atoms with Crippen LogP contribution in [0.4, 0.5) is 0 Å². The molecule has 3 aliphatic rings. The Morgan fingerprint density at radius 2 is 1.13 bits per heavy atom. The Kier molecular flexibility index (Phi) is 16.0. The van der Waals surface area contributed by atoms with Crippen molar-refractivity contribution >= 4 is 11.8 Å². The van der Waals surface area contributed by atoms with Gasteiger partial charge in [0, 0.05) is 25.9 Å². The molecular formula is C27H48N2O18. The third-order valence-corrected chi connectivity index (χ3v) is 7.94. The van der Waals surface area contributed by atoms with Gasteiger partial charge in [-0.25, -0.2) is 0 Å². The maximum absolute atomic E-state index is 12.1. The maximum Gasteiger partial charge on any atom is 0.220 e. The molecule has 15 atom stereocenters. The second-order valence-corrected chi connectivity index (χ2v) is 11.4. The van der Waals surface area contributed by atoms with Crippen molar-refractivity contribution in [3.63, 3.8) is 0 Å². The standard InChI is InChI=1S/C27H48N2O18/c1-2-28-14(32)4-3-5-15(33)29-6-7-42-26-23(41)24(47-27-22(40)20(38)17(35)12(9-31)45-27)18(36)13(46-26)10-43-25-21(39)19(37)16(34)11(8-30)44-25/h11-13,16-27,30-31,34-41H,2-10H2,1H3,(H,28,32)(H,29,33)/t11-,12-,13-,16-,17-,18-,19+,20+,21+,22+,23+,24+,25+,26+,27-/m1/s1. The number of ether oxygens (including phenoxy) is 6. The lowest BCUT2D eigenvalue weighted by Crippen LogP contribution is -2.65. The Hall–Kier alpha value is -1.70. The van der Waals surface area contributed by atoms with Gasteiger partial charge in [-0.05, 0) is 13.3 Å². The highest BCUT2D eigenvalue weighted by Gasteiger charge is 2.52. The molecular weight excluding hydrogens is 640 g/mol. The third kappa shape index (κ3) is 10.4. The molecule has 3 fully saturated rings. The van der Waals surface area contributed by atoms with Crippen molar-refractivity contribution in [3.8, 4) is 0 Å². The lowest BCUT2D eigenvalue weighted by atomic mass is 9.96. The van der Waals surface area contributed by atoms with Crippen molar-refractivity contribution in [1.82, 2.24) is 10.6 Å². The Morgan fingerprint density at radius 1 is 0.617 bits per heavy atom. The number of hydrogen-bond acceptors (Lipinski definition) is 18. The van der Waals surface area contributed by atoms with Gasteiger partial charge < -0.3 is 90.1 Å². The molecule has 0 unspecified atom stereocenters. The highest BCUT2D eigenvalue weighted by atomic mass is 16.7. The quantitative estimate of drug-likeness (QED) is 0.0670. The Bertz CT molecular complexity index is 963. The summed E-state index contributed by atoms with van der Waals surface area (Å²) >= 11 is 0. The Balaban J connectivity index is 1.66. The van der Waals surface area contributed by atoms with Crippen LogP contribution in [0.3, 0.4) is 0 Å². The van der Waals surface area contributed by atoms with Gasteiger partial charge in [0.05, 0.1) is 26.4 Å². The van der Waals surface area contributed by atoms with Crippen LogP contribution in [0.15, 0.2) is 0 Å². The van der Waals surface area contributed by atoms with E-state index < -0.39 is 112 Å². The summed E-state index contributed by atoms with van der Waals surface area (Å²) in [6.45, 7) is -0.154. The first kappa shape index (κ1) is 39.7. The van der Waals surface area contributed by atoms with E-state index in [-0.39, 0.29) is 37.8 Å². The second-order valence-electron chi connectivity index (χ2n) is 11.4. The number of hydrogen-bond donors (Lipinski definition) is 12. The molecule has 12 N–H and O–H groups in total. The van der Waals surface area contributed by atoms with Gasteiger partial charge in [0.1, 0.15) is 73.2 Å². The summed E-state index contributed by atoms with van der Waals surface area (Å²) in [6, 6.07) is 0. The zero-order chi connectivity index (χ0) is 34.8. The molecule has 3 saturated heterocycles. The van der Waals surface area contributed by atoms with E-state index in [2.05, 4.69) is 10.6 Å². The molecule has 3 heterocycles. The van der Waals surface area contributed by atoms with Gasteiger partial charge in [0.15, 0.2) is 18.9 Å². The molecule has 0 aromatic carbocycles. The Morgan fingerprint density at radius 3 is 1.70 bits per heavy atom. The first-order chi connectivity index (χ1) is 22.3. The third-order valence-electron chi connectivity index (χ3n) is 7.94. The molecule has 47 heavy (non-hydrogen) atoms. The highest BCUT2D eigenvalue weighted by molar-refractivity contribution is 5.78. The van der Waals surface area contributed by atoms with E-state index in [1.165, 1.54) is 0 Å². The van der Waals surface area contributed by atoms with Crippen molar-refractivity contribution in [1.29, 1.82) is 0 Å². The molecule has 0 saturated carbocycles. The van der Waals surface area contributed by atoms with Crippen molar-refractivity contribution in [3.05, 3.63) is 0 Å². The minimum absolute atomic E-state index is 0.0562. The number of rotatable bonds is 16. The first-order valence-corrected chi connectivity index (χ1v) is 15.4. The molecule has 2 amide bonds. The van der Waals surface area contributed by atoms with Crippen LogP contribution in [0.25, 0.3) is 0 Å². The van der Waals surface area contributed by atoms with E-state index in [4.69, 9.17) is 28.4 Å². The van der Waals surface area contributed by atoms with Gasteiger partial charge in [0.25, 0.3) is 0 Å². The molecule has 3 rings (SSSR count). The predicted molar refractivity (Wildman–Crippen MR) is 151 cm³/mol. The normalized spacial score (nSPS) is 41.0. The lowest BCUT2D eigenvalue weighted by Gasteiger charge is -2.46. The fourth-order valence-corrected chi connectivity index (χ4v) is 5.22. The smallest absolute Gasteiger partial charge is 0.220 e. The first-order valence-electron chi connectivity index (χ1n) is 15.4. The molecule has 0 aromatic rings. The average Bonchev–Trinajstić information content (AvgIpc) is 3.05. The number of aliphatic hydroxyl groups is 10. The minimum Gasteiger partial charge on any atom is -0.394 e. The number of amides is 2. The van der Waals surface area contributed by atoms with E-state index in [9.17, 15) is 60.7 Å². The number of nitrogens with one attached hydrogen (secondary N) is 2. The summed E-state index contributed by atoms with van der Waals surface area (Å²) < 4.78 is 33.0. The summed E-state index contributed by atoms with van der Waals surface area (Å²) in [5, 5.41) is 107. The summed E-state index contributed by atoms with van der Waals surface area (Å²) in [6.07, 6.45) is -24.4. The lowest BCUT2D eigenvalue weighted by molar-refractivity contribution is -0.366. The van der Waals surface area contributed by atoms with E-state index in [0.29, 0.717) is 13.0 Å². The highest BCUT2D eigenvalue weighted by Crippen LogP contribution is 2.31. The monoisotopic (exact) mass is 688 g/mol. The van der Waals surface area contributed by atoms with Crippen LogP contribution in [0, 0.1) is 0 Å². The van der Waals surface area contributed by atoms with Crippen molar-refractivity contribution in [2.75, 3.05) is 39.5 Å². The SMILES string of the molecule is CCNC(=O)CCCC(=O)NCCO[C@H]1O[C@H](CO[C@H]2O[C@H](CO)[C@@H](O)[C@H](O)[C@@H]2O)[C@@H](O)[C@H](O[C@H]2O[C@H](CO)[C@@H](O)[C@H](O)[C@@H]2O)[C@@H]1O. The fraction of sp³-hybridized carbons (Fsp3) is 0.926. The number of carbonyl (C=O) groups excluding carboxylic acids is 2. The molecule has 3 aliphatic heterocycles. The van der Waals surface area contributed by atoms with E-state index >= 15 is 0 Å². The van der Waals surface area contributed by atoms with E-state index in [1.54, 1.807) is 6.92 Å². The number of aliphatic hydroxyl groups excluding tert-OH is 10. The number of carbonyl (C=O) groups is 2. The van der Waals surface area contributed by atoms with E-state index in [0.717, 1.165) is 0 Å². The molecule has 0 radical (unpaired) electrons. The van der Waals surface area contributed by atoms with Crippen LogP contribution in [0.1, 0.15) is 26.2 Å². The van der Waals surface area contributed by atoms with Gasteiger partial charge in [-0.2, -0.15) is 0 Å². The van der Waals surface area contributed by atoms with Crippen LogP contribution in [0.2, 0.25) is 0 Å². The maximum atomic E-state index is 12.1. The van der Waals surface area contributed by atoms with Gasteiger partial charge >= 0.3 is 0 Å². The van der Waals surface area contributed by atoms with Gasteiger partial charge in [0.2, 0.25) is 11.8 Å². The van der Waals surface area contributed by atoms with Crippen molar-refractivity contribution in [2.24, 2.45) is 0 Å². The second kappa shape index (κ2) is 18.9. The van der Waals surface area contributed by atoms with Crippen LogP contribution in [0.5, 0.6) is 0 Å². The van der Waals surface area contributed by atoms with Crippen molar-refractivity contribution < 1.29 is 89.1 Å². The summed E-state index contributed by atoms with van der Waals surface area (Å²) in [4.78, 5) is 23.7. The van der Waals surface area contributed by atoms with Gasteiger partial charge in [-0.15, -0.1) is 0 Å². The molecule has 0 aliphatic carbocycles.